The van der Waals surface area contributed by atoms with Crippen molar-refractivity contribution in [3.63, 3.8) is 0 Å². The lowest BCUT2D eigenvalue weighted by Crippen LogP contribution is -2.37. The lowest BCUT2D eigenvalue weighted by Gasteiger charge is -2.24. The van der Waals surface area contributed by atoms with Crippen molar-refractivity contribution in [3.05, 3.63) is 24.3 Å². The van der Waals surface area contributed by atoms with Crippen LogP contribution in [0.1, 0.15) is 6.42 Å². The first-order chi connectivity index (χ1) is 9.15. The van der Waals surface area contributed by atoms with E-state index in [0.29, 0.717) is 6.42 Å². The average molecular weight is 275 g/mol. The van der Waals surface area contributed by atoms with E-state index in [9.17, 15) is 4.79 Å². The molecule has 1 atom stereocenters. The molecular formula is C14H17N3OS. The highest BCUT2D eigenvalue weighted by Gasteiger charge is 2.39. The van der Waals surface area contributed by atoms with Gasteiger partial charge in [-0.1, -0.05) is 12.1 Å². The van der Waals surface area contributed by atoms with Crippen LogP contribution in [0.3, 0.4) is 0 Å². The van der Waals surface area contributed by atoms with Crippen LogP contribution < -0.4 is 0 Å². The Balaban J connectivity index is 1.88. The Bertz CT molecular complexity index is 541. The molecule has 2 aliphatic rings. The number of likely N-dealkylation sites (N-methyl/N-ethyl adjacent to an activating group) is 1. The molecule has 0 saturated carbocycles. The fourth-order valence-electron chi connectivity index (χ4n) is 2.35. The summed E-state index contributed by atoms with van der Waals surface area (Å²) in [6, 6.07) is 8.10. The van der Waals surface area contributed by atoms with Crippen molar-refractivity contribution in [2.24, 2.45) is 4.99 Å². The molecular weight excluding hydrogens is 258 g/mol. The Morgan fingerprint density at radius 2 is 2.21 bits per heavy atom. The minimum Gasteiger partial charge on any atom is -0.308 e. The van der Waals surface area contributed by atoms with Gasteiger partial charge in [0.2, 0.25) is 5.91 Å². The zero-order chi connectivity index (χ0) is 13.4. The van der Waals surface area contributed by atoms with Gasteiger partial charge < -0.3 is 4.90 Å². The standard InChI is InChI=1S/C14H17N3OS/c1-16(2)7-8-17-13(18)9-12-14(17)15-10-5-3-4-6-11(10)19-12/h3-6,12H,7-9H2,1-2H3/t12-/m0/s1. The SMILES string of the molecule is CN(C)CCN1C(=O)C[C@@H]2Sc3ccccc3N=C21. The molecule has 3 rings (SSSR count). The molecule has 1 aromatic rings. The number of nitrogens with zero attached hydrogens (tertiary/aromatic N) is 3. The topological polar surface area (TPSA) is 35.9 Å². The molecule has 0 bridgehead atoms. The van der Waals surface area contributed by atoms with Gasteiger partial charge in [0.25, 0.3) is 0 Å². The van der Waals surface area contributed by atoms with Crippen LogP contribution in [0, 0.1) is 0 Å². The molecule has 1 fully saturated rings. The van der Waals surface area contributed by atoms with Crippen LogP contribution in [0.15, 0.2) is 34.2 Å². The fraction of sp³-hybridized carbons (Fsp3) is 0.429. The number of hydrogen-bond acceptors (Lipinski definition) is 4. The zero-order valence-electron chi connectivity index (χ0n) is 11.2. The summed E-state index contributed by atoms with van der Waals surface area (Å²) in [5, 5.41) is 0.199. The van der Waals surface area contributed by atoms with Crippen molar-refractivity contribution in [2.75, 3.05) is 27.2 Å². The summed E-state index contributed by atoms with van der Waals surface area (Å²) in [6.45, 7) is 1.59. The molecule has 1 saturated heterocycles. The summed E-state index contributed by atoms with van der Waals surface area (Å²) in [5.74, 6) is 1.14. The molecule has 0 radical (unpaired) electrons. The van der Waals surface area contributed by atoms with Crippen molar-refractivity contribution >= 4 is 29.2 Å². The van der Waals surface area contributed by atoms with Crippen LogP contribution in [0.2, 0.25) is 0 Å². The summed E-state index contributed by atoms with van der Waals surface area (Å²) < 4.78 is 0. The van der Waals surface area contributed by atoms with Crippen LogP contribution in [0.4, 0.5) is 5.69 Å². The second kappa shape index (κ2) is 4.98. The van der Waals surface area contributed by atoms with E-state index in [0.717, 1.165) is 24.6 Å². The van der Waals surface area contributed by atoms with E-state index in [1.807, 2.05) is 37.2 Å². The number of rotatable bonds is 3. The minimum absolute atomic E-state index is 0.199. The second-order valence-corrected chi connectivity index (χ2v) is 6.34. The molecule has 2 heterocycles. The van der Waals surface area contributed by atoms with Gasteiger partial charge in [-0.15, -0.1) is 11.8 Å². The maximum atomic E-state index is 12.1. The number of likely N-dealkylation sites (tertiary alicyclic amines) is 1. The van der Waals surface area contributed by atoms with Crippen molar-refractivity contribution in [2.45, 2.75) is 16.6 Å². The van der Waals surface area contributed by atoms with Gasteiger partial charge >= 0.3 is 0 Å². The predicted octanol–water partition coefficient (Wildman–Crippen LogP) is 1.98. The molecule has 0 spiro atoms. The van der Waals surface area contributed by atoms with Gasteiger partial charge in [0.15, 0.2) is 0 Å². The number of thioether (sulfide) groups is 1. The third-order valence-electron chi connectivity index (χ3n) is 3.37. The van der Waals surface area contributed by atoms with Crippen LogP contribution in [0.5, 0.6) is 0 Å². The molecule has 1 amide bonds. The maximum absolute atomic E-state index is 12.1. The monoisotopic (exact) mass is 275 g/mol. The quantitative estimate of drug-likeness (QED) is 0.846. The molecule has 0 N–H and O–H groups in total. The number of benzene rings is 1. The van der Waals surface area contributed by atoms with Gasteiger partial charge in [-0.25, -0.2) is 4.99 Å². The van der Waals surface area contributed by atoms with Gasteiger partial charge in [-0.05, 0) is 26.2 Å². The van der Waals surface area contributed by atoms with Crippen molar-refractivity contribution in [1.82, 2.24) is 9.80 Å². The number of carbonyl (C=O) groups excluding carboxylic acids is 1. The molecule has 1 aromatic carbocycles. The summed E-state index contributed by atoms with van der Waals surface area (Å²) in [4.78, 5) is 21.9. The number of aliphatic imine (C=N–C) groups is 1. The van der Waals surface area contributed by atoms with Gasteiger partial charge in [-0.3, -0.25) is 9.69 Å². The Kier molecular flexibility index (Phi) is 3.33. The van der Waals surface area contributed by atoms with E-state index < -0.39 is 0 Å². The smallest absolute Gasteiger partial charge is 0.229 e. The summed E-state index contributed by atoms with van der Waals surface area (Å²) >= 11 is 1.76. The molecule has 5 heteroatoms. The summed E-state index contributed by atoms with van der Waals surface area (Å²) in [6.07, 6.45) is 0.575. The number of carbonyl (C=O) groups is 1. The number of amidine groups is 1. The molecule has 2 aliphatic heterocycles. The van der Waals surface area contributed by atoms with E-state index in [1.165, 1.54) is 4.90 Å². The predicted molar refractivity (Wildman–Crippen MR) is 78.1 cm³/mol. The van der Waals surface area contributed by atoms with Gasteiger partial charge in [0.05, 0.1) is 10.9 Å². The number of para-hydroxylation sites is 1. The van der Waals surface area contributed by atoms with Gasteiger partial charge in [0.1, 0.15) is 5.84 Å². The first kappa shape index (κ1) is 12.7. The Morgan fingerprint density at radius 3 is 3.00 bits per heavy atom. The van der Waals surface area contributed by atoms with Crippen molar-refractivity contribution < 1.29 is 4.79 Å². The highest BCUT2D eigenvalue weighted by Crippen LogP contribution is 2.42. The second-order valence-electron chi connectivity index (χ2n) is 5.10. The van der Waals surface area contributed by atoms with Crippen LogP contribution in [0.25, 0.3) is 0 Å². The average Bonchev–Trinajstić information content (AvgIpc) is 2.68. The van der Waals surface area contributed by atoms with E-state index in [-0.39, 0.29) is 11.2 Å². The number of hydrogen-bond donors (Lipinski definition) is 0. The fourth-order valence-corrected chi connectivity index (χ4v) is 3.56. The van der Waals surface area contributed by atoms with Crippen molar-refractivity contribution in [1.29, 1.82) is 0 Å². The normalized spacial score (nSPS) is 21.4. The molecule has 0 aromatic heterocycles. The highest BCUT2D eigenvalue weighted by atomic mass is 32.2. The number of amides is 1. The third-order valence-corrected chi connectivity index (χ3v) is 4.63. The largest absolute Gasteiger partial charge is 0.308 e. The maximum Gasteiger partial charge on any atom is 0.229 e. The van der Waals surface area contributed by atoms with E-state index in [2.05, 4.69) is 11.0 Å². The van der Waals surface area contributed by atoms with Gasteiger partial charge in [0, 0.05) is 24.4 Å². The molecule has 4 nitrogen and oxygen atoms in total. The van der Waals surface area contributed by atoms with E-state index >= 15 is 0 Å². The highest BCUT2D eigenvalue weighted by molar-refractivity contribution is 8.01. The molecule has 19 heavy (non-hydrogen) atoms. The minimum atomic E-state index is 0.199. The first-order valence-corrected chi connectivity index (χ1v) is 7.32. The summed E-state index contributed by atoms with van der Waals surface area (Å²) in [7, 11) is 4.04. The van der Waals surface area contributed by atoms with Crippen LogP contribution in [-0.2, 0) is 4.79 Å². The summed E-state index contributed by atoms with van der Waals surface area (Å²) in [5.41, 5.74) is 0.989. The van der Waals surface area contributed by atoms with Crippen LogP contribution in [-0.4, -0.2) is 54.0 Å². The number of fused-ring (bicyclic) bond motifs is 2. The third kappa shape index (κ3) is 2.40. The lowest BCUT2D eigenvalue weighted by molar-refractivity contribution is -0.125. The van der Waals surface area contributed by atoms with E-state index in [4.69, 9.17) is 4.99 Å². The lowest BCUT2D eigenvalue weighted by atomic mass is 10.3. The van der Waals surface area contributed by atoms with E-state index in [1.54, 1.807) is 11.8 Å². The molecule has 0 aliphatic carbocycles. The zero-order valence-corrected chi connectivity index (χ0v) is 12.0. The Hall–Kier alpha value is -1.33. The van der Waals surface area contributed by atoms with Crippen molar-refractivity contribution in [3.8, 4) is 0 Å². The van der Waals surface area contributed by atoms with Crippen LogP contribution >= 0.6 is 11.8 Å². The Labute approximate surface area is 117 Å². The Morgan fingerprint density at radius 1 is 1.42 bits per heavy atom. The first-order valence-electron chi connectivity index (χ1n) is 6.44. The molecule has 100 valence electrons. The van der Waals surface area contributed by atoms with Gasteiger partial charge in [-0.2, -0.15) is 0 Å². The molecule has 0 unspecified atom stereocenters.